The Balaban J connectivity index is 1.24. The monoisotopic (exact) mass is 746 g/mol. The Bertz CT molecular complexity index is 2340. The number of benzene rings is 4. The summed E-state index contributed by atoms with van der Waals surface area (Å²) in [7, 11) is 0. The number of hydrogen-bond acceptors (Lipinski definition) is 8. The third kappa shape index (κ3) is 8.94. The molecule has 0 unspecified atom stereocenters. The second kappa shape index (κ2) is 16.9. The van der Waals surface area contributed by atoms with Crippen molar-refractivity contribution in [3.63, 3.8) is 0 Å². The quantitative estimate of drug-likeness (QED) is 0.0998. The summed E-state index contributed by atoms with van der Waals surface area (Å²) in [5.41, 5.74) is 9.99. The van der Waals surface area contributed by atoms with E-state index in [0.717, 1.165) is 49.8 Å². The van der Waals surface area contributed by atoms with Gasteiger partial charge in [-0.3, -0.25) is 14.8 Å². The summed E-state index contributed by atoms with van der Waals surface area (Å²) in [6.07, 6.45) is 3.52. The number of hydrogen-bond donors (Lipinski definition) is 3. The molecule has 0 spiro atoms. The molecule has 0 aliphatic carbocycles. The first-order valence-electron chi connectivity index (χ1n) is 16.9. The number of ether oxygens (including phenoxy) is 2. The van der Waals surface area contributed by atoms with Gasteiger partial charge in [0.25, 0.3) is 0 Å². The van der Waals surface area contributed by atoms with Crippen molar-refractivity contribution in [1.29, 1.82) is 5.26 Å². The summed E-state index contributed by atoms with van der Waals surface area (Å²) in [5, 5.41) is 33.3. The van der Waals surface area contributed by atoms with Crippen molar-refractivity contribution in [3.8, 4) is 39.8 Å². The third-order valence-electron chi connectivity index (χ3n) is 8.96. The van der Waals surface area contributed by atoms with Gasteiger partial charge in [0.05, 0.1) is 33.7 Å². The standard InChI is InChI=1S/C42H36Cl2N4O5/c1-25-30(7-3-9-35(25)36-10-5-8-34(26(36)2)31-13-29-6-4-11-37(43)42(29)48-21-31)24-53-40-16-39(52-23-28-12-27(17-45)18-46-19-28)32(14-38(40)44)20-47-22-33(49)15-41(50)51/h3-14,16,18-19,21,33,47,49H,15,20,22-24H2,1-2H3,(H,50,51)/t33-/m0/s1. The van der Waals surface area contributed by atoms with Crippen LogP contribution in [0.3, 0.4) is 0 Å². The Labute approximate surface area is 317 Å². The maximum Gasteiger partial charge on any atom is 0.306 e. The van der Waals surface area contributed by atoms with Gasteiger partial charge in [0.15, 0.2) is 0 Å². The van der Waals surface area contributed by atoms with E-state index in [1.807, 2.05) is 36.5 Å². The molecule has 0 radical (unpaired) electrons. The summed E-state index contributed by atoms with van der Waals surface area (Å²) in [5.74, 6) is -0.211. The zero-order chi connectivity index (χ0) is 37.5. The van der Waals surface area contributed by atoms with Crippen LogP contribution in [-0.2, 0) is 24.6 Å². The Morgan fingerprint density at radius 3 is 2.38 bits per heavy atom. The van der Waals surface area contributed by atoms with E-state index in [2.05, 4.69) is 65.5 Å². The molecule has 0 saturated carbocycles. The average Bonchev–Trinajstić information content (AvgIpc) is 3.14. The molecule has 6 aromatic rings. The molecule has 53 heavy (non-hydrogen) atoms. The van der Waals surface area contributed by atoms with Gasteiger partial charge < -0.3 is 25.0 Å². The summed E-state index contributed by atoms with van der Waals surface area (Å²) in [6.45, 7) is 4.85. The number of aliphatic hydroxyl groups is 1. The molecule has 2 aromatic heterocycles. The van der Waals surface area contributed by atoms with Crippen molar-refractivity contribution in [3.05, 3.63) is 141 Å². The predicted octanol–water partition coefficient (Wildman–Crippen LogP) is 8.84. The third-order valence-corrected chi connectivity index (χ3v) is 9.57. The number of carboxylic acid groups (broad SMARTS) is 1. The molecule has 11 heteroatoms. The van der Waals surface area contributed by atoms with Gasteiger partial charge in [0.1, 0.15) is 30.8 Å². The molecule has 0 bridgehead atoms. The van der Waals surface area contributed by atoms with Crippen LogP contribution in [0.25, 0.3) is 33.2 Å². The Morgan fingerprint density at radius 2 is 1.58 bits per heavy atom. The van der Waals surface area contributed by atoms with E-state index in [4.69, 9.17) is 37.8 Å². The van der Waals surface area contributed by atoms with Crippen LogP contribution in [-0.4, -0.2) is 38.8 Å². The summed E-state index contributed by atoms with van der Waals surface area (Å²) in [6, 6.07) is 27.5. The number of pyridine rings is 2. The van der Waals surface area contributed by atoms with Crippen LogP contribution < -0.4 is 14.8 Å². The summed E-state index contributed by atoms with van der Waals surface area (Å²) in [4.78, 5) is 19.7. The molecule has 6 rings (SSSR count). The first-order chi connectivity index (χ1) is 25.6. The van der Waals surface area contributed by atoms with E-state index >= 15 is 0 Å². The number of nitriles is 1. The van der Waals surface area contributed by atoms with Crippen molar-refractivity contribution in [1.82, 2.24) is 15.3 Å². The molecule has 0 fully saturated rings. The molecular weight excluding hydrogens is 711 g/mol. The van der Waals surface area contributed by atoms with Gasteiger partial charge in [0.2, 0.25) is 0 Å². The van der Waals surface area contributed by atoms with E-state index in [0.29, 0.717) is 38.2 Å². The molecular formula is C42H36Cl2N4O5. The van der Waals surface area contributed by atoms with E-state index in [9.17, 15) is 15.2 Å². The topological polar surface area (TPSA) is 138 Å². The molecule has 1 atom stereocenters. The van der Waals surface area contributed by atoms with Crippen LogP contribution >= 0.6 is 23.2 Å². The minimum atomic E-state index is -1.09. The molecule has 0 amide bonds. The Morgan fingerprint density at radius 1 is 0.849 bits per heavy atom. The van der Waals surface area contributed by atoms with E-state index in [-0.39, 0.29) is 32.7 Å². The highest BCUT2D eigenvalue weighted by Crippen LogP contribution is 2.37. The predicted molar refractivity (Wildman–Crippen MR) is 206 cm³/mol. The first kappa shape index (κ1) is 37.3. The fourth-order valence-corrected chi connectivity index (χ4v) is 6.66. The molecule has 0 saturated heterocycles. The van der Waals surface area contributed by atoms with Crippen LogP contribution in [0, 0.1) is 25.2 Å². The molecule has 9 nitrogen and oxygen atoms in total. The summed E-state index contributed by atoms with van der Waals surface area (Å²) < 4.78 is 12.5. The highest BCUT2D eigenvalue weighted by Gasteiger charge is 2.17. The maximum atomic E-state index is 11.0. The van der Waals surface area contributed by atoms with E-state index in [1.54, 1.807) is 24.4 Å². The number of nitrogens with one attached hydrogen (secondary N) is 1. The van der Waals surface area contributed by atoms with Crippen molar-refractivity contribution < 1.29 is 24.5 Å². The lowest BCUT2D eigenvalue weighted by molar-refractivity contribution is -0.139. The smallest absolute Gasteiger partial charge is 0.306 e. The van der Waals surface area contributed by atoms with Gasteiger partial charge >= 0.3 is 5.97 Å². The van der Waals surface area contributed by atoms with Crippen molar-refractivity contribution in [2.45, 2.75) is 46.1 Å². The number of nitrogens with zero attached hydrogens (tertiary/aromatic N) is 3. The zero-order valence-corrected chi connectivity index (χ0v) is 30.6. The molecule has 4 aromatic carbocycles. The van der Waals surface area contributed by atoms with Crippen LogP contribution in [0.4, 0.5) is 0 Å². The van der Waals surface area contributed by atoms with E-state index in [1.165, 1.54) is 6.20 Å². The number of halogens is 2. The molecule has 3 N–H and O–H groups in total. The second-order valence-corrected chi connectivity index (χ2v) is 13.5. The minimum absolute atomic E-state index is 0.0573. The van der Waals surface area contributed by atoms with Crippen LogP contribution in [0.5, 0.6) is 11.5 Å². The SMILES string of the molecule is Cc1c(COc2cc(OCc3cncc(C#N)c3)c(CNC[C@@H](O)CC(=O)O)cc2Cl)cccc1-c1cccc(-c2cnc3c(Cl)cccc3c2)c1C. The van der Waals surface area contributed by atoms with Crippen LogP contribution in [0.15, 0.2) is 97.5 Å². The van der Waals surface area contributed by atoms with Gasteiger partial charge in [-0.2, -0.15) is 5.26 Å². The number of carboxylic acids is 1. The highest BCUT2D eigenvalue weighted by molar-refractivity contribution is 6.35. The van der Waals surface area contributed by atoms with Gasteiger partial charge in [-0.1, -0.05) is 71.7 Å². The number of aromatic nitrogens is 2. The Kier molecular flexibility index (Phi) is 11.9. The molecule has 2 heterocycles. The minimum Gasteiger partial charge on any atom is -0.488 e. The number of fused-ring (bicyclic) bond motifs is 1. The largest absolute Gasteiger partial charge is 0.488 e. The van der Waals surface area contributed by atoms with Gasteiger partial charge in [-0.05, 0) is 71.5 Å². The number of carbonyl (C=O) groups is 1. The van der Waals surface area contributed by atoms with Crippen molar-refractivity contribution >= 4 is 40.1 Å². The summed E-state index contributed by atoms with van der Waals surface area (Å²) >= 11 is 13.1. The lowest BCUT2D eigenvalue weighted by Gasteiger charge is -2.18. The fourth-order valence-electron chi connectivity index (χ4n) is 6.19. The molecule has 268 valence electrons. The number of aliphatic hydroxyl groups excluding tert-OH is 1. The lowest BCUT2D eigenvalue weighted by Crippen LogP contribution is -2.28. The molecule has 0 aliphatic heterocycles. The maximum absolute atomic E-state index is 11.0. The average molecular weight is 748 g/mol. The Hall–Kier alpha value is -5.50. The van der Waals surface area contributed by atoms with Crippen LogP contribution in [0.2, 0.25) is 10.0 Å². The fraction of sp³-hybridized carbons (Fsp3) is 0.190. The first-order valence-corrected chi connectivity index (χ1v) is 17.6. The van der Waals surface area contributed by atoms with Crippen LogP contribution in [0.1, 0.15) is 39.8 Å². The van der Waals surface area contributed by atoms with Gasteiger partial charge in [0, 0.05) is 59.8 Å². The number of rotatable bonds is 14. The van der Waals surface area contributed by atoms with Crippen molar-refractivity contribution in [2.24, 2.45) is 0 Å². The highest BCUT2D eigenvalue weighted by atomic mass is 35.5. The zero-order valence-electron chi connectivity index (χ0n) is 29.1. The van der Waals surface area contributed by atoms with Crippen molar-refractivity contribution in [2.75, 3.05) is 6.54 Å². The number of aliphatic carboxylic acids is 1. The van der Waals surface area contributed by atoms with Gasteiger partial charge in [-0.15, -0.1) is 0 Å². The van der Waals surface area contributed by atoms with Gasteiger partial charge in [-0.25, -0.2) is 0 Å². The normalized spacial score (nSPS) is 11.6. The van der Waals surface area contributed by atoms with E-state index < -0.39 is 12.1 Å². The number of para-hydroxylation sites is 1. The second-order valence-electron chi connectivity index (χ2n) is 12.6. The molecule has 0 aliphatic rings. The lowest BCUT2D eigenvalue weighted by atomic mass is 9.89.